The van der Waals surface area contributed by atoms with Gasteiger partial charge < -0.3 is 10.5 Å². The normalized spacial score (nSPS) is 12.2. The summed E-state index contributed by atoms with van der Waals surface area (Å²) in [6, 6.07) is 14.3. The summed E-state index contributed by atoms with van der Waals surface area (Å²) in [7, 11) is 0. The Hall–Kier alpha value is -1.32. The van der Waals surface area contributed by atoms with Crippen LogP contribution in [0.2, 0.25) is 0 Å². The van der Waals surface area contributed by atoms with Crippen molar-refractivity contribution < 1.29 is 4.74 Å². The van der Waals surface area contributed by atoms with Crippen molar-refractivity contribution in [2.45, 2.75) is 26.5 Å². The molecule has 0 aliphatic rings. The second-order valence-electron chi connectivity index (χ2n) is 4.71. The van der Waals surface area contributed by atoms with E-state index in [1.54, 1.807) is 0 Å². The lowest BCUT2D eigenvalue weighted by Gasteiger charge is -2.14. The van der Waals surface area contributed by atoms with Crippen LogP contribution in [0.4, 0.5) is 0 Å². The molecular formula is C16H18BrNO. The van der Waals surface area contributed by atoms with Gasteiger partial charge in [-0.2, -0.15) is 0 Å². The highest BCUT2D eigenvalue weighted by molar-refractivity contribution is 9.10. The van der Waals surface area contributed by atoms with Crippen LogP contribution in [0.3, 0.4) is 0 Å². The number of halogens is 1. The minimum atomic E-state index is 0.0261. The third kappa shape index (κ3) is 3.58. The summed E-state index contributed by atoms with van der Waals surface area (Å²) < 4.78 is 6.86. The maximum Gasteiger partial charge on any atom is 0.136 e. The van der Waals surface area contributed by atoms with E-state index >= 15 is 0 Å². The van der Waals surface area contributed by atoms with Crippen LogP contribution >= 0.6 is 15.9 Å². The van der Waals surface area contributed by atoms with Crippen molar-refractivity contribution >= 4 is 15.9 Å². The zero-order chi connectivity index (χ0) is 13.8. The Morgan fingerprint density at radius 1 is 1.21 bits per heavy atom. The molecule has 2 aromatic rings. The van der Waals surface area contributed by atoms with Gasteiger partial charge in [0.1, 0.15) is 12.4 Å². The van der Waals surface area contributed by atoms with E-state index in [9.17, 15) is 0 Å². The van der Waals surface area contributed by atoms with Crippen molar-refractivity contribution in [1.29, 1.82) is 0 Å². The van der Waals surface area contributed by atoms with Gasteiger partial charge in [0.05, 0.1) is 4.47 Å². The van der Waals surface area contributed by atoms with Crippen LogP contribution in [0.25, 0.3) is 0 Å². The molecule has 0 bridgehead atoms. The van der Waals surface area contributed by atoms with Gasteiger partial charge in [-0.15, -0.1) is 0 Å². The number of hydrogen-bond donors (Lipinski definition) is 1. The summed E-state index contributed by atoms with van der Waals surface area (Å²) in [5.74, 6) is 0.883. The number of aryl methyl sites for hydroxylation is 1. The van der Waals surface area contributed by atoms with E-state index in [1.807, 2.05) is 38.1 Å². The summed E-state index contributed by atoms with van der Waals surface area (Å²) in [6.07, 6.45) is 0. The van der Waals surface area contributed by atoms with Gasteiger partial charge in [-0.05, 0) is 52.5 Å². The van der Waals surface area contributed by atoms with E-state index < -0.39 is 0 Å². The quantitative estimate of drug-likeness (QED) is 0.908. The van der Waals surface area contributed by atoms with Crippen LogP contribution in [-0.2, 0) is 6.61 Å². The monoisotopic (exact) mass is 319 g/mol. The average molecular weight is 320 g/mol. The van der Waals surface area contributed by atoms with E-state index in [0.717, 1.165) is 26.9 Å². The third-order valence-corrected chi connectivity index (χ3v) is 3.59. The fourth-order valence-corrected chi connectivity index (χ4v) is 2.62. The molecule has 2 nitrogen and oxygen atoms in total. The van der Waals surface area contributed by atoms with Crippen LogP contribution in [0.1, 0.15) is 29.7 Å². The molecule has 0 radical (unpaired) electrons. The molecule has 2 rings (SSSR count). The maximum absolute atomic E-state index is 5.90. The highest BCUT2D eigenvalue weighted by Crippen LogP contribution is 2.32. The van der Waals surface area contributed by atoms with E-state index in [0.29, 0.717) is 6.61 Å². The third-order valence-electron chi connectivity index (χ3n) is 3.00. The van der Waals surface area contributed by atoms with Gasteiger partial charge in [-0.25, -0.2) is 0 Å². The average Bonchev–Trinajstić information content (AvgIpc) is 2.38. The second-order valence-corrected chi connectivity index (χ2v) is 5.57. The first-order valence-corrected chi connectivity index (χ1v) is 7.09. The minimum absolute atomic E-state index is 0.0261. The molecule has 1 atom stereocenters. The van der Waals surface area contributed by atoms with Crippen molar-refractivity contribution in [3.05, 3.63) is 63.6 Å². The van der Waals surface area contributed by atoms with Gasteiger partial charge in [0.2, 0.25) is 0 Å². The Kier molecular flexibility index (Phi) is 4.61. The Morgan fingerprint density at radius 3 is 2.47 bits per heavy atom. The van der Waals surface area contributed by atoms with Crippen molar-refractivity contribution in [2.24, 2.45) is 5.73 Å². The van der Waals surface area contributed by atoms with Crippen molar-refractivity contribution in [3.8, 4) is 5.75 Å². The van der Waals surface area contributed by atoms with E-state index in [2.05, 4.69) is 34.1 Å². The van der Waals surface area contributed by atoms with Crippen LogP contribution in [0, 0.1) is 6.92 Å². The van der Waals surface area contributed by atoms with Gasteiger partial charge in [0.25, 0.3) is 0 Å². The molecule has 2 N–H and O–H groups in total. The molecule has 0 aliphatic heterocycles. The first-order chi connectivity index (χ1) is 9.08. The molecule has 3 heteroatoms. The molecule has 19 heavy (non-hydrogen) atoms. The Balaban J connectivity index is 2.17. The van der Waals surface area contributed by atoms with E-state index in [-0.39, 0.29) is 6.04 Å². The zero-order valence-electron chi connectivity index (χ0n) is 11.2. The largest absolute Gasteiger partial charge is 0.487 e. The second kappa shape index (κ2) is 6.22. The Morgan fingerprint density at radius 2 is 1.89 bits per heavy atom. The number of benzene rings is 2. The fraction of sp³-hybridized carbons (Fsp3) is 0.250. The highest BCUT2D eigenvalue weighted by Gasteiger charge is 2.10. The summed E-state index contributed by atoms with van der Waals surface area (Å²) in [4.78, 5) is 0. The predicted molar refractivity (Wildman–Crippen MR) is 82.3 cm³/mol. The molecule has 0 amide bonds. The standard InChI is InChI=1S/C16H18BrNO/c1-11-8-14(12(2)18)9-15(17)16(11)19-10-13-6-4-3-5-7-13/h3-9,12H,10,18H2,1-2H3. The van der Waals surface area contributed by atoms with Crippen LogP contribution < -0.4 is 10.5 Å². The van der Waals surface area contributed by atoms with Gasteiger partial charge in [0, 0.05) is 6.04 Å². The molecule has 1 unspecified atom stereocenters. The topological polar surface area (TPSA) is 35.2 Å². The first kappa shape index (κ1) is 14.1. The molecule has 0 spiro atoms. The molecule has 0 saturated carbocycles. The molecular weight excluding hydrogens is 302 g/mol. The summed E-state index contributed by atoms with van der Waals surface area (Å²) in [6.45, 7) is 4.58. The van der Waals surface area contributed by atoms with Crippen LogP contribution in [0.15, 0.2) is 46.9 Å². The summed E-state index contributed by atoms with van der Waals surface area (Å²) >= 11 is 3.56. The summed E-state index contributed by atoms with van der Waals surface area (Å²) in [5, 5.41) is 0. The van der Waals surface area contributed by atoms with Crippen molar-refractivity contribution in [3.63, 3.8) is 0 Å². The maximum atomic E-state index is 5.90. The molecule has 0 fully saturated rings. The SMILES string of the molecule is Cc1cc(C(C)N)cc(Br)c1OCc1ccccc1. The van der Waals surface area contributed by atoms with E-state index in [1.165, 1.54) is 0 Å². The molecule has 2 aromatic carbocycles. The van der Waals surface area contributed by atoms with Crippen LogP contribution in [0.5, 0.6) is 5.75 Å². The smallest absolute Gasteiger partial charge is 0.136 e. The molecule has 0 aliphatic carbocycles. The predicted octanol–water partition coefficient (Wildman–Crippen LogP) is 4.36. The molecule has 100 valence electrons. The lowest BCUT2D eigenvalue weighted by Crippen LogP contribution is -2.06. The summed E-state index contributed by atoms with van der Waals surface area (Å²) in [5.41, 5.74) is 9.27. The van der Waals surface area contributed by atoms with Gasteiger partial charge in [-0.3, -0.25) is 0 Å². The van der Waals surface area contributed by atoms with Gasteiger partial charge in [-0.1, -0.05) is 36.4 Å². The van der Waals surface area contributed by atoms with Gasteiger partial charge >= 0.3 is 0 Å². The van der Waals surface area contributed by atoms with Crippen molar-refractivity contribution in [2.75, 3.05) is 0 Å². The Bertz CT molecular complexity index is 529. The fourth-order valence-electron chi connectivity index (χ4n) is 1.93. The van der Waals surface area contributed by atoms with E-state index in [4.69, 9.17) is 10.5 Å². The first-order valence-electron chi connectivity index (χ1n) is 6.30. The highest BCUT2D eigenvalue weighted by atomic mass is 79.9. The van der Waals surface area contributed by atoms with Crippen LogP contribution in [-0.4, -0.2) is 0 Å². The molecule has 0 aromatic heterocycles. The number of nitrogens with two attached hydrogens (primary N) is 1. The number of hydrogen-bond acceptors (Lipinski definition) is 2. The lowest BCUT2D eigenvalue weighted by atomic mass is 10.1. The molecule has 0 saturated heterocycles. The Labute approximate surface area is 122 Å². The lowest BCUT2D eigenvalue weighted by molar-refractivity contribution is 0.302. The van der Waals surface area contributed by atoms with Crippen molar-refractivity contribution in [1.82, 2.24) is 0 Å². The molecule has 0 heterocycles. The number of ether oxygens (including phenoxy) is 1. The number of rotatable bonds is 4. The minimum Gasteiger partial charge on any atom is -0.487 e. The zero-order valence-corrected chi connectivity index (χ0v) is 12.8. The van der Waals surface area contributed by atoms with Gasteiger partial charge in [0.15, 0.2) is 0 Å².